The number of hydrogen-bond acceptors (Lipinski definition) is 5. The second-order valence-corrected chi connectivity index (χ2v) is 4.87. The zero-order chi connectivity index (χ0) is 16.7. The number of amides is 1. The van der Waals surface area contributed by atoms with Crippen molar-refractivity contribution in [3.63, 3.8) is 0 Å². The fraction of sp³-hybridized carbons (Fsp3) is 0.267. The Balaban J connectivity index is 1.74. The molecule has 23 heavy (non-hydrogen) atoms. The van der Waals surface area contributed by atoms with Crippen LogP contribution in [0.1, 0.15) is 28.9 Å². The van der Waals surface area contributed by atoms with E-state index in [9.17, 15) is 14.4 Å². The standard InChI is InChI=1S/C15H16N4O4/c20-13(11-4-2-1-3-5-11)6-7-14(21)16-8-12-9-19(18-17-12)10-15(22)23/h1-5,9H,6-8,10H2,(H,16,21)(H,22,23). The third kappa shape index (κ3) is 5.34. The van der Waals surface area contributed by atoms with Crippen molar-refractivity contribution in [2.24, 2.45) is 0 Å². The van der Waals surface area contributed by atoms with Gasteiger partial charge < -0.3 is 10.4 Å². The number of nitrogens with one attached hydrogen (secondary N) is 1. The third-order valence-electron chi connectivity index (χ3n) is 3.02. The van der Waals surface area contributed by atoms with E-state index in [1.807, 2.05) is 6.07 Å². The normalized spacial score (nSPS) is 10.3. The molecule has 1 heterocycles. The summed E-state index contributed by atoms with van der Waals surface area (Å²) in [6, 6.07) is 8.78. The number of ketones is 1. The lowest BCUT2D eigenvalue weighted by Gasteiger charge is -2.03. The molecular formula is C15H16N4O4. The molecule has 0 aliphatic carbocycles. The summed E-state index contributed by atoms with van der Waals surface area (Å²) in [4.78, 5) is 34.1. The minimum Gasteiger partial charge on any atom is -0.480 e. The lowest BCUT2D eigenvalue weighted by molar-refractivity contribution is -0.138. The summed E-state index contributed by atoms with van der Waals surface area (Å²) in [6.45, 7) is -0.148. The van der Waals surface area contributed by atoms with Crippen molar-refractivity contribution in [1.29, 1.82) is 0 Å². The molecule has 120 valence electrons. The largest absolute Gasteiger partial charge is 0.480 e. The van der Waals surface area contributed by atoms with Gasteiger partial charge in [-0.05, 0) is 0 Å². The first kappa shape index (κ1) is 16.3. The van der Waals surface area contributed by atoms with Crippen LogP contribution in [0, 0.1) is 0 Å². The highest BCUT2D eigenvalue weighted by Crippen LogP contribution is 2.05. The fourth-order valence-electron chi connectivity index (χ4n) is 1.91. The maximum atomic E-state index is 11.9. The van der Waals surface area contributed by atoms with Crippen molar-refractivity contribution >= 4 is 17.7 Å². The summed E-state index contributed by atoms with van der Waals surface area (Å²) in [5.41, 5.74) is 1.03. The van der Waals surface area contributed by atoms with E-state index in [4.69, 9.17) is 5.11 Å². The molecule has 0 unspecified atom stereocenters. The predicted octanol–water partition coefficient (Wildman–Crippen LogP) is 0.642. The van der Waals surface area contributed by atoms with Crippen LogP contribution in [0.3, 0.4) is 0 Å². The van der Waals surface area contributed by atoms with Gasteiger partial charge in [-0.2, -0.15) is 0 Å². The van der Waals surface area contributed by atoms with E-state index in [1.165, 1.54) is 10.9 Å². The highest BCUT2D eigenvalue weighted by Gasteiger charge is 2.10. The summed E-state index contributed by atoms with van der Waals surface area (Å²) in [7, 11) is 0. The Morgan fingerprint density at radius 3 is 2.57 bits per heavy atom. The van der Waals surface area contributed by atoms with Gasteiger partial charge in [0.25, 0.3) is 0 Å². The van der Waals surface area contributed by atoms with Crippen molar-refractivity contribution < 1.29 is 19.5 Å². The van der Waals surface area contributed by atoms with E-state index in [2.05, 4.69) is 15.6 Å². The summed E-state index contributed by atoms with van der Waals surface area (Å²) < 4.78 is 1.17. The average Bonchev–Trinajstić information content (AvgIpc) is 2.98. The number of benzene rings is 1. The number of carbonyl (C=O) groups is 3. The van der Waals surface area contributed by atoms with Gasteiger partial charge in [0.15, 0.2) is 5.78 Å². The number of hydrogen-bond donors (Lipinski definition) is 2. The van der Waals surface area contributed by atoms with Crippen LogP contribution in [-0.4, -0.2) is 37.8 Å². The molecule has 0 bridgehead atoms. The molecule has 1 aromatic carbocycles. The molecule has 2 rings (SSSR count). The van der Waals surface area contributed by atoms with Crippen LogP contribution in [0.4, 0.5) is 0 Å². The summed E-state index contributed by atoms with van der Waals surface area (Å²) in [6.07, 6.45) is 1.65. The minimum atomic E-state index is -1.02. The SMILES string of the molecule is O=C(O)Cn1cc(CNC(=O)CCC(=O)c2ccccc2)nn1. The first-order chi connectivity index (χ1) is 11.0. The average molecular weight is 316 g/mol. The van der Waals surface area contributed by atoms with E-state index in [1.54, 1.807) is 24.3 Å². The molecule has 8 nitrogen and oxygen atoms in total. The highest BCUT2D eigenvalue weighted by molar-refractivity contribution is 5.97. The summed E-state index contributed by atoms with van der Waals surface area (Å²) >= 11 is 0. The molecule has 0 saturated heterocycles. The van der Waals surface area contributed by atoms with Gasteiger partial charge in [0.05, 0.1) is 12.7 Å². The van der Waals surface area contributed by atoms with Gasteiger partial charge in [-0.1, -0.05) is 35.5 Å². The van der Waals surface area contributed by atoms with E-state index < -0.39 is 5.97 Å². The zero-order valence-corrected chi connectivity index (χ0v) is 12.3. The molecule has 0 fully saturated rings. The summed E-state index contributed by atoms with van der Waals surface area (Å²) in [5.74, 6) is -1.39. The van der Waals surface area contributed by atoms with Gasteiger partial charge in [0.1, 0.15) is 12.2 Å². The van der Waals surface area contributed by atoms with Crippen LogP contribution < -0.4 is 5.32 Å². The monoisotopic (exact) mass is 316 g/mol. The van der Waals surface area contributed by atoms with Crippen LogP contribution in [-0.2, 0) is 22.7 Å². The second kappa shape index (κ2) is 7.83. The molecule has 0 radical (unpaired) electrons. The summed E-state index contributed by atoms with van der Waals surface area (Å²) in [5, 5.41) is 18.6. The Morgan fingerprint density at radius 1 is 1.13 bits per heavy atom. The molecule has 0 spiro atoms. The topological polar surface area (TPSA) is 114 Å². The van der Waals surface area contributed by atoms with Gasteiger partial charge in [-0.25, -0.2) is 4.68 Å². The van der Waals surface area contributed by atoms with Gasteiger partial charge in [-0.15, -0.1) is 5.10 Å². The van der Waals surface area contributed by atoms with Crippen molar-refractivity contribution in [2.45, 2.75) is 25.9 Å². The zero-order valence-electron chi connectivity index (χ0n) is 12.3. The quantitative estimate of drug-likeness (QED) is 0.691. The van der Waals surface area contributed by atoms with Crippen LogP contribution in [0.25, 0.3) is 0 Å². The lowest BCUT2D eigenvalue weighted by Crippen LogP contribution is -2.23. The van der Waals surface area contributed by atoms with E-state index >= 15 is 0 Å². The Labute approximate surface area is 132 Å². The molecule has 8 heteroatoms. The fourth-order valence-corrected chi connectivity index (χ4v) is 1.91. The van der Waals surface area contributed by atoms with Crippen LogP contribution in [0.2, 0.25) is 0 Å². The van der Waals surface area contributed by atoms with Crippen LogP contribution >= 0.6 is 0 Å². The third-order valence-corrected chi connectivity index (χ3v) is 3.02. The number of nitrogens with zero attached hydrogens (tertiary/aromatic N) is 3. The number of Topliss-reactive ketones (excluding diaryl/α,β-unsaturated/α-hetero) is 1. The van der Waals surface area contributed by atoms with Crippen molar-refractivity contribution in [1.82, 2.24) is 20.3 Å². The molecule has 0 aliphatic rings. The second-order valence-electron chi connectivity index (χ2n) is 4.87. The van der Waals surface area contributed by atoms with Gasteiger partial charge in [0, 0.05) is 18.4 Å². The number of aromatic nitrogens is 3. The molecule has 0 aliphatic heterocycles. The maximum Gasteiger partial charge on any atom is 0.325 e. The van der Waals surface area contributed by atoms with Gasteiger partial charge in [0.2, 0.25) is 5.91 Å². The van der Waals surface area contributed by atoms with Crippen LogP contribution in [0.15, 0.2) is 36.5 Å². The number of aliphatic carboxylic acids is 1. The van der Waals surface area contributed by atoms with Crippen molar-refractivity contribution in [2.75, 3.05) is 0 Å². The molecule has 2 N–H and O–H groups in total. The Morgan fingerprint density at radius 2 is 1.87 bits per heavy atom. The lowest BCUT2D eigenvalue weighted by atomic mass is 10.1. The Bertz CT molecular complexity index is 697. The van der Waals surface area contributed by atoms with E-state index in [-0.39, 0.29) is 37.6 Å². The molecule has 0 saturated carbocycles. The highest BCUT2D eigenvalue weighted by atomic mass is 16.4. The Kier molecular flexibility index (Phi) is 5.56. The molecule has 1 aromatic heterocycles. The predicted molar refractivity (Wildman–Crippen MR) is 79.5 cm³/mol. The van der Waals surface area contributed by atoms with Crippen LogP contribution in [0.5, 0.6) is 0 Å². The number of rotatable bonds is 8. The van der Waals surface area contributed by atoms with Crippen molar-refractivity contribution in [3.05, 3.63) is 47.8 Å². The Hall–Kier alpha value is -3.03. The number of carboxylic acids is 1. The number of carbonyl (C=O) groups excluding carboxylic acids is 2. The van der Waals surface area contributed by atoms with Gasteiger partial charge >= 0.3 is 5.97 Å². The van der Waals surface area contributed by atoms with Crippen molar-refractivity contribution in [3.8, 4) is 0 Å². The maximum absolute atomic E-state index is 11.9. The minimum absolute atomic E-state index is 0.0803. The van der Waals surface area contributed by atoms with E-state index in [0.717, 1.165) is 0 Å². The van der Waals surface area contributed by atoms with Gasteiger partial charge in [-0.3, -0.25) is 14.4 Å². The molecule has 2 aromatic rings. The smallest absolute Gasteiger partial charge is 0.325 e. The number of carboxylic acid groups (broad SMARTS) is 1. The molecule has 1 amide bonds. The first-order valence-electron chi connectivity index (χ1n) is 7.00. The first-order valence-corrected chi connectivity index (χ1v) is 7.00. The van der Waals surface area contributed by atoms with E-state index in [0.29, 0.717) is 11.3 Å². The molecular weight excluding hydrogens is 300 g/mol. The molecule has 0 atom stereocenters.